The van der Waals surface area contributed by atoms with Gasteiger partial charge >= 0.3 is 5.97 Å². The smallest absolute Gasteiger partial charge is 0.311 e. The van der Waals surface area contributed by atoms with E-state index in [2.05, 4.69) is 15.9 Å². The van der Waals surface area contributed by atoms with Gasteiger partial charge in [0, 0.05) is 14.2 Å². The van der Waals surface area contributed by atoms with E-state index >= 15 is 0 Å². The Labute approximate surface area is 240 Å². The first kappa shape index (κ1) is 31.7. The summed E-state index contributed by atoms with van der Waals surface area (Å²) in [6.07, 6.45) is -3.55. The molecule has 0 radical (unpaired) electrons. The fourth-order valence-corrected chi connectivity index (χ4v) is 4.41. The summed E-state index contributed by atoms with van der Waals surface area (Å²) >= 11 is 3.48. The lowest BCUT2D eigenvalue weighted by Gasteiger charge is -2.47. The summed E-state index contributed by atoms with van der Waals surface area (Å²) in [5.74, 6) is -1.33. The predicted molar refractivity (Wildman–Crippen MR) is 150 cm³/mol. The minimum absolute atomic E-state index is 0.0344. The van der Waals surface area contributed by atoms with Crippen molar-refractivity contribution >= 4 is 21.9 Å². The fraction of sp³-hybridized carbons (Fsp3) is 0.567. The summed E-state index contributed by atoms with van der Waals surface area (Å²) < 4.78 is 42.9. The van der Waals surface area contributed by atoms with Gasteiger partial charge in [-0.2, -0.15) is 0 Å². The number of carbonyl (C=O) groups is 1. The zero-order valence-corrected chi connectivity index (χ0v) is 25.2. The molecule has 216 valence electrons. The number of ether oxygens (including phenoxy) is 7. The number of halogens is 1. The normalized spacial score (nSPS) is 25.2. The molecule has 9 heteroatoms. The number of benzene rings is 2. The highest BCUT2D eigenvalue weighted by molar-refractivity contribution is 9.09. The quantitative estimate of drug-likeness (QED) is 0.173. The van der Waals surface area contributed by atoms with Crippen molar-refractivity contribution in [1.82, 2.24) is 0 Å². The van der Waals surface area contributed by atoms with Gasteiger partial charge in [0.05, 0.1) is 24.0 Å². The maximum atomic E-state index is 12.6. The molecule has 0 aromatic heterocycles. The minimum Gasteiger partial charge on any atom is -0.462 e. The van der Waals surface area contributed by atoms with E-state index in [0.717, 1.165) is 11.1 Å². The van der Waals surface area contributed by atoms with E-state index in [0.29, 0.717) is 18.5 Å². The number of methoxy groups -OCH3 is 2. The molecule has 8 nitrogen and oxygen atoms in total. The van der Waals surface area contributed by atoms with Crippen molar-refractivity contribution in [2.75, 3.05) is 26.2 Å². The maximum Gasteiger partial charge on any atom is 0.311 e. The lowest BCUT2D eigenvalue weighted by Crippen LogP contribution is -2.63. The largest absolute Gasteiger partial charge is 0.462 e. The summed E-state index contributed by atoms with van der Waals surface area (Å²) in [6.45, 7) is 7.81. The Bertz CT molecular complexity index is 993. The zero-order chi connectivity index (χ0) is 28.5. The van der Waals surface area contributed by atoms with Gasteiger partial charge in [-0.05, 0) is 38.8 Å². The molecule has 1 saturated heterocycles. The molecule has 0 N–H and O–H groups in total. The number of hydrogen-bond donors (Lipinski definition) is 0. The van der Waals surface area contributed by atoms with Crippen molar-refractivity contribution in [1.29, 1.82) is 0 Å². The summed E-state index contributed by atoms with van der Waals surface area (Å²) in [5.41, 5.74) is 1.31. The van der Waals surface area contributed by atoms with Crippen LogP contribution in [0.4, 0.5) is 0 Å². The second kappa shape index (κ2) is 14.7. The number of esters is 1. The summed E-state index contributed by atoms with van der Waals surface area (Å²) in [4.78, 5) is 12.6. The van der Waals surface area contributed by atoms with Crippen LogP contribution < -0.4 is 0 Å². The van der Waals surface area contributed by atoms with Gasteiger partial charge in [-0.3, -0.25) is 4.79 Å². The molecule has 1 unspecified atom stereocenters. The van der Waals surface area contributed by atoms with Gasteiger partial charge in [0.25, 0.3) is 0 Å². The van der Waals surface area contributed by atoms with E-state index in [1.807, 2.05) is 67.6 Å². The molecule has 1 aliphatic rings. The first-order chi connectivity index (χ1) is 18.6. The first-order valence-corrected chi connectivity index (χ1v) is 14.2. The van der Waals surface area contributed by atoms with Crippen LogP contribution >= 0.6 is 15.9 Å². The highest BCUT2D eigenvalue weighted by atomic mass is 79.9. The lowest BCUT2D eigenvalue weighted by atomic mass is 9.96. The van der Waals surface area contributed by atoms with E-state index in [1.54, 1.807) is 27.9 Å². The van der Waals surface area contributed by atoms with Gasteiger partial charge in [-0.25, -0.2) is 0 Å². The van der Waals surface area contributed by atoms with Crippen LogP contribution in [-0.2, 0) is 51.2 Å². The van der Waals surface area contributed by atoms with Gasteiger partial charge in [0.2, 0.25) is 0 Å². The van der Waals surface area contributed by atoms with Crippen molar-refractivity contribution in [3.8, 4) is 0 Å². The van der Waals surface area contributed by atoms with Crippen LogP contribution in [0.3, 0.4) is 0 Å². The van der Waals surface area contributed by atoms with Gasteiger partial charge in [-0.15, -0.1) is 0 Å². The average molecular weight is 610 g/mol. The van der Waals surface area contributed by atoms with Crippen molar-refractivity contribution < 1.29 is 38.0 Å². The first-order valence-electron chi connectivity index (χ1n) is 13.1. The molecule has 0 aliphatic carbocycles. The number of rotatable bonds is 13. The Hall–Kier alpha value is -1.85. The van der Waals surface area contributed by atoms with E-state index < -0.39 is 41.9 Å². The second-order valence-corrected chi connectivity index (χ2v) is 11.3. The molecule has 0 saturated carbocycles. The fourth-order valence-electron chi connectivity index (χ4n) is 4.05. The third-order valence-electron chi connectivity index (χ3n) is 6.45. The molecule has 2 aromatic carbocycles. The SMILES string of the molecule is CO[C@H]1O[C@H](COC(=O)C(C)(C)C)[C@@H](OCc2ccccc2)[C@H](OCc2ccccc2)[C@@H]1OC(C)(CBr)OC. The van der Waals surface area contributed by atoms with Crippen LogP contribution in [0, 0.1) is 5.41 Å². The highest BCUT2D eigenvalue weighted by Crippen LogP contribution is 2.34. The minimum atomic E-state index is -0.991. The van der Waals surface area contributed by atoms with Crippen molar-refractivity contribution in [3.63, 3.8) is 0 Å². The van der Waals surface area contributed by atoms with Gasteiger partial charge in [-0.1, -0.05) is 76.6 Å². The molecule has 1 heterocycles. The van der Waals surface area contributed by atoms with E-state index in [4.69, 9.17) is 33.2 Å². The third kappa shape index (κ3) is 9.08. The topological polar surface area (TPSA) is 81.7 Å². The molecule has 1 fully saturated rings. The predicted octanol–water partition coefficient (Wildman–Crippen LogP) is 5.26. The molecular formula is C30H41BrO8. The Morgan fingerprint density at radius 3 is 1.85 bits per heavy atom. The molecular weight excluding hydrogens is 568 g/mol. The summed E-state index contributed by atoms with van der Waals surface area (Å²) in [6, 6.07) is 19.7. The Morgan fingerprint density at radius 1 is 0.846 bits per heavy atom. The van der Waals surface area contributed by atoms with Crippen LogP contribution in [0.15, 0.2) is 60.7 Å². The molecule has 6 atom stereocenters. The highest BCUT2D eigenvalue weighted by Gasteiger charge is 2.51. The van der Waals surface area contributed by atoms with Gasteiger partial charge in [0.15, 0.2) is 12.1 Å². The molecule has 1 aliphatic heterocycles. The number of hydrogen-bond acceptors (Lipinski definition) is 8. The summed E-state index contributed by atoms with van der Waals surface area (Å²) in [7, 11) is 3.11. The molecule has 0 bridgehead atoms. The summed E-state index contributed by atoms with van der Waals surface area (Å²) in [5, 5.41) is 0.400. The van der Waals surface area contributed by atoms with Crippen molar-refractivity contribution in [3.05, 3.63) is 71.8 Å². The van der Waals surface area contributed by atoms with E-state index in [1.165, 1.54) is 7.11 Å². The van der Waals surface area contributed by atoms with E-state index in [-0.39, 0.29) is 12.6 Å². The van der Waals surface area contributed by atoms with Crippen LogP contribution in [0.1, 0.15) is 38.8 Å². The van der Waals surface area contributed by atoms with Crippen LogP contribution in [0.2, 0.25) is 0 Å². The van der Waals surface area contributed by atoms with Gasteiger partial charge < -0.3 is 33.2 Å². The number of alkyl halides is 1. The standard InChI is InChI=1S/C30H41BrO8/c1-29(2,3)28(32)37-19-23-24(35-17-21-13-9-7-10-14-21)25(36-18-22-15-11-8-12-16-22)26(27(33-5)38-23)39-30(4,20-31)34-6/h7-16,23-27H,17-20H2,1-6H3/t23-,24-,25+,26+,27+,30?/m1/s1. The van der Waals surface area contributed by atoms with Crippen molar-refractivity contribution in [2.24, 2.45) is 5.41 Å². The van der Waals surface area contributed by atoms with Crippen LogP contribution in [0.25, 0.3) is 0 Å². The van der Waals surface area contributed by atoms with Crippen LogP contribution in [-0.4, -0.2) is 68.6 Å². The van der Waals surface area contributed by atoms with Crippen LogP contribution in [0.5, 0.6) is 0 Å². The average Bonchev–Trinajstić information content (AvgIpc) is 2.94. The molecule has 3 rings (SSSR count). The third-order valence-corrected chi connectivity index (χ3v) is 7.46. The van der Waals surface area contributed by atoms with Crippen molar-refractivity contribution in [2.45, 2.75) is 77.4 Å². The molecule has 39 heavy (non-hydrogen) atoms. The van der Waals surface area contributed by atoms with E-state index in [9.17, 15) is 4.79 Å². The zero-order valence-electron chi connectivity index (χ0n) is 23.6. The Balaban J connectivity index is 1.95. The molecule has 0 spiro atoms. The molecule has 0 amide bonds. The Kier molecular flexibility index (Phi) is 11.9. The van der Waals surface area contributed by atoms with Gasteiger partial charge in [0.1, 0.15) is 31.0 Å². The maximum absolute atomic E-state index is 12.6. The Morgan fingerprint density at radius 2 is 1.38 bits per heavy atom. The second-order valence-electron chi connectivity index (χ2n) is 10.7. The molecule has 2 aromatic rings. The lowest BCUT2D eigenvalue weighted by molar-refractivity contribution is -0.355. The monoisotopic (exact) mass is 608 g/mol. The number of carbonyl (C=O) groups excluding carboxylic acids is 1.